The second kappa shape index (κ2) is 39.3. The van der Waals surface area contributed by atoms with E-state index in [4.69, 9.17) is 0 Å². The van der Waals surface area contributed by atoms with Gasteiger partial charge in [0.2, 0.25) is 0 Å². The molecule has 87 heavy (non-hydrogen) atoms. The van der Waals surface area contributed by atoms with E-state index in [-0.39, 0.29) is 76.4 Å². The largest absolute Gasteiger partial charge is 1.00 e. The number of halogens is 1. The van der Waals surface area contributed by atoms with Crippen molar-refractivity contribution in [1.82, 2.24) is 14.8 Å². The van der Waals surface area contributed by atoms with Crippen LogP contribution in [-0.2, 0) is 9.59 Å². The van der Waals surface area contributed by atoms with Crippen molar-refractivity contribution in [1.29, 1.82) is 0 Å². The fourth-order valence-corrected chi connectivity index (χ4v) is 16.1. The number of nitrogens with zero attached hydrogens (tertiary/aromatic N) is 3. The standard InChI is InChI=1S/C44H68N2O2S2.C15H31Br.C14H8N2O2S2.K.H/c1-31(2)15-9-17-33(5)19-11-21-35(7)25-27-45-41(37-23-13-29-49-37)39-40(43(45)47)42(38-24-14-30-50-38)46(44(39)48)28-26-36(8)22-12-20-34(6)18-10-16-32(3)4;1-13(2)7-5-8-14(3)9-6-10-15(4)11-12-16;17-13-9-10(12(16-13)8-4-2-6-20-8)14(18)15-11(9)7-3-1-5-19-7;;/h13-14,23-24,29-36H,9-12,15-22,25-28H2,1-8H3;13-15H,5-12H2,1-4H3;1-6,15,18H;;/q;;;+1;-1. The maximum Gasteiger partial charge on any atom is 1.00 e. The molecule has 476 valence electrons. The van der Waals surface area contributed by atoms with Gasteiger partial charge in [0.25, 0.3) is 17.7 Å². The molecular formula is C73H108BrKN4O4S4. The molecule has 0 spiro atoms. The van der Waals surface area contributed by atoms with Crippen molar-refractivity contribution in [3.63, 3.8) is 0 Å². The number of hydrogen-bond donors (Lipinski definition) is 2. The number of thiophene rings is 4. The summed E-state index contributed by atoms with van der Waals surface area (Å²) < 4.78 is 0. The molecule has 0 saturated heterocycles. The van der Waals surface area contributed by atoms with Crippen LogP contribution in [0, 0.1) is 53.3 Å². The van der Waals surface area contributed by atoms with E-state index in [1.54, 1.807) is 22.7 Å². The Labute approximate surface area is 594 Å². The zero-order valence-electron chi connectivity index (χ0n) is 56.6. The van der Waals surface area contributed by atoms with Crippen molar-refractivity contribution < 1.29 is 72.3 Å². The van der Waals surface area contributed by atoms with Crippen LogP contribution in [0.25, 0.3) is 22.0 Å². The average Bonchev–Trinajstić information content (AvgIpc) is 1.58. The molecule has 8 rings (SSSR count). The van der Waals surface area contributed by atoms with E-state index in [0.29, 0.717) is 58.6 Å². The van der Waals surface area contributed by atoms with Crippen LogP contribution >= 0.6 is 61.3 Å². The molecule has 2 N–H and O–H groups in total. The van der Waals surface area contributed by atoms with Crippen LogP contribution in [0.3, 0.4) is 0 Å². The first kappa shape index (κ1) is 75.5. The fourth-order valence-electron chi connectivity index (χ4n) is 12.3. The summed E-state index contributed by atoms with van der Waals surface area (Å²) in [5.74, 6) is 6.65. The molecule has 6 unspecified atom stereocenters. The van der Waals surface area contributed by atoms with Crippen LogP contribution in [0.15, 0.2) is 86.2 Å². The number of amides is 3. The van der Waals surface area contributed by atoms with E-state index in [9.17, 15) is 19.5 Å². The number of carbonyl (C=O) groups is 3. The van der Waals surface area contributed by atoms with Crippen LogP contribution in [0.2, 0.25) is 0 Å². The number of H-pyrrole nitrogens is 1. The summed E-state index contributed by atoms with van der Waals surface area (Å²) in [6, 6.07) is 15.8. The Hall–Kier alpha value is -2.24. The van der Waals surface area contributed by atoms with Gasteiger partial charge in [0.05, 0.1) is 64.6 Å². The summed E-state index contributed by atoms with van der Waals surface area (Å²) in [6.45, 7) is 29.5. The fraction of sp³-hybridized carbons (Fsp3) is 0.616. The minimum absolute atomic E-state index is 0. The summed E-state index contributed by atoms with van der Waals surface area (Å²) in [7, 11) is 0. The van der Waals surface area contributed by atoms with Gasteiger partial charge in [-0.2, -0.15) is 0 Å². The number of aromatic hydroxyl groups is 1. The number of hydrogen-bond acceptors (Lipinski definition) is 8. The van der Waals surface area contributed by atoms with Gasteiger partial charge in [0.1, 0.15) is 0 Å². The number of carbonyl (C=O) groups excluding carboxylic acids is 3. The summed E-state index contributed by atoms with van der Waals surface area (Å²) >= 11 is 9.79. The number of aromatic amines is 1. The van der Waals surface area contributed by atoms with E-state index in [0.717, 1.165) is 90.5 Å². The molecule has 3 aliphatic heterocycles. The molecule has 8 nitrogen and oxygen atoms in total. The molecule has 8 heterocycles. The molecule has 0 aromatic carbocycles. The van der Waals surface area contributed by atoms with E-state index < -0.39 is 0 Å². The number of aliphatic imine (C=N–C) groups is 1. The van der Waals surface area contributed by atoms with Gasteiger partial charge in [0.15, 0.2) is 5.88 Å². The third kappa shape index (κ3) is 23.4. The minimum Gasteiger partial charge on any atom is -1.00 e. The van der Waals surface area contributed by atoms with Gasteiger partial charge < -0.3 is 21.3 Å². The summed E-state index contributed by atoms with van der Waals surface area (Å²) in [5, 5.41) is 19.3. The number of nitrogens with one attached hydrogen (secondary N) is 1. The van der Waals surface area contributed by atoms with E-state index in [2.05, 4.69) is 132 Å². The Morgan fingerprint density at radius 2 is 0.782 bits per heavy atom. The molecule has 0 bridgehead atoms. The summed E-state index contributed by atoms with van der Waals surface area (Å²) in [6.07, 6.45) is 27.2. The molecule has 0 aliphatic carbocycles. The molecule has 6 atom stereocenters. The van der Waals surface area contributed by atoms with Crippen molar-refractivity contribution in [3.8, 4) is 16.5 Å². The van der Waals surface area contributed by atoms with Gasteiger partial charge in [-0.1, -0.05) is 239 Å². The topological polar surface area (TPSA) is 106 Å². The minimum atomic E-state index is -0.302. The Balaban J connectivity index is 0.000000353. The predicted molar refractivity (Wildman–Crippen MR) is 377 cm³/mol. The Bertz CT molecular complexity index is 2790. The van der Waals surface area contributed by atoms with Crippen molar-refractivity contribution in [2.75, 3.05) is 18.4 Å². The second-order valence-corrected chi connectivity index (χ2v) is 31.7. The van der Waals surface area contributed by atoms with Crippen molar-refractivity contribution in [2.45, 2.75) is 218 Å². The number of fused-ring (bicyclic) bond motifs is 2. The molecule has 0 fully saturated rings. The second-order valence-electron chi connectivity index (χ2n) is 27.1. The van der Waals surface area contributed by atoms with Crippen LogP contribution in [-0.4, -0.2) is 61.7 Å². The van der Waals surface area contributed by atoms with Crippen LogP contribution in [0.4, 0.5) is 0 Å². The zero-order valence-corrected chi connectivity index (χ0v) is 63.6. The van der Waals surface area contributed by atoms with Crippen LogP contribution < -0.4 is 51.4 Å². The van der Waals surface area contributed by atoms with Gasteiger partial charge in [-0.15, -0.1) is 45.3 Å². The number of alkyl halides is 1. The van der Waals surface area contributed by atoms with Gasteiger partial charge in [-0.3, -0.25) is 14.4 Å². The quantitative estimate of drug-likeness (QED) is 0.0308. The average molecular weight is 1350 g/mol. The molecular weight excluding hydrogens is 1240 g/mol. The SMILES string of the molecule is CC(C)CCCC(C)CCCC(C)CCBr.CC(C)CCCC(C)CCCC(C)CCN1C(=O)C2=C(c3cccs3)N(CCC(C)CCCC(C)CCCC(C)C)C(=O)C2=C1c1cccs1.O=C1N=C(c2cccs2)c2c(O)[nH]c(-c3cccs3)c21.[H-].[K+]. The molecule has 0 radical (unpaired) electrons. The maximum atomic E-state index is 14.5. The summed E-state index contributed by atoms with van der Waals surface area (Å²) in [5.41, 5.74) is 5.12. The third-order valence-electron chi connectivity index (χ3n) is 17.8. The Morgan fingerprint density at radius 3 is 1.11 bits per heavy atom. The number of rotatable bonds is 36. The molecule has 5 aromatic heterocycles. The first-order valence-electron chi connectivity index (χ1n) is 33.2. The van der Waals surface area contributed by atoms with Gasteiger partial charge in [0, 0.05) is 18.4 Å². The smallest absolute Gasteiger partial charge is 1.00 e. The monoisotopic (exact) mass is 1350 g/mol. The van der Waals surface area contributed by atoms with Gasteiger partial charge in [-0.05, 0) is 118 Å². The maximum absolute atomic E-state index is 14.5. The van der Waals surface area contributed by atoms with Crippen LogP contribution in [0.5, 0.6) is 5.88 Å². The Morgan fingerprint density at radius 1 is 0.460 bits per heavy atom. The third-order valence-corrected chi connectivity index (χ3v) is 21.7. The molecule has 3 aliphatic rings. The van der Waals surface area contributed by atoms with E-state index >= 15 is 0 Å². The van der Waals surface area contributed by atoms with E-state index in [1.807, 2.05) is 57.0 Å². The molecule has 0 saturated carbocycles. The molecule has 14 heteroatoms. The normalized spacial score (nSPS) is 16.0. The van der Waals surface area contributed by atoms with Crippen molar-refractivity contribution in [2.24, 2.45) is 58.3 Å². The van der Waals surface area contributed by atoms with E-state index in [1.165, 1.54) is 145 Å². The summed E-state index contributed by atoms with van der Waals surface area (Å²) in [4.78, 5) is 55.9. The van der Waals surface area contributed by atoms with Crippen molar-refractivity contribution >= 4 is 96.1 Å². The Kier molecular flexibility index (Phi) is 34.1. The molecule has 3 amide bonds. The number of aromatic nitrogens is 1. The first-order chi connectivity index (χ1) is 41.3. The zero-order chi connectivity index (χ0) is 62.3. The predicted octanol–water partition coefficient (Wildman–Crippen LogP) is 19.6. The first-order valence-corrected chi connectivity index (χ1v) is 37.9. The van der Waals surface area contributed by atoms with Crippen molar-refractivity contribution in [3.05, 3.63) is 107 Å². The molecule has 5 aromatic rings. The van der Waals surface area contributed by atoms with Gasteiger partial charge in [-0.25, -0.2) is 4.99 Å². The van der Waals surface area contributed by atoms with Crippen LogP contribution in [0.1, 0.15) is 250 Å². The van der Waals surface area contributed by atoms with Gasteiger partial charge >= 0.3 is 51.4 Å².